The number of hydrogen-bond acceptors (Lipinski definition) is 2. The van der Waals surface area contributed by atoms with Crippen LogP contribution in [0.25, 0.3) is 0 Å². The molecule has 0 radical (unpaired) electrons. The molecule has 1 aliphatic rings. The van der Waals surface area contributed by atoms with Crippen molar-refractivity contribution in [2.45, 2.75) is 45.1 Å². The van der Waals surface area contributed by atoms with Gasteiger partial charge in [0.05, 0.1) is 6.42 Å². The zero-order valence-corrected chi connectivity index (χ0v) is 11.0. The van der Waals surface area contributed by atoms with Gasteiger partial charge in [-0.05, 0) is 39.0 Å². The number of urea groups is 1. The normalized spacial score (nSPS) is 19.3. The van der Waals surface area contributed by atoms with Crippen LogP contribution in [0.5, 0.6) is 0 Å². The number of aliphatic carboxylic acids is 1. The molecule has 0 fully saturated rings. The van der Waals surface area contributed by atoms with Gasteiger partial charge in [0.1, 0.15) is 0 Å². The molecule has 18 heavy (non-hydrogen) atoms. The molecule has 0 spiro atoms. The molecule has 3 N–H and O–H groups in total. The second-order valence-electron chi connectivity index (χ2n) is 5.44. The summed E-state index contributed by atoms with van der Waals surface area (Å²) in [5.74, 6) is -0.430. The summed E-state index contributed by atoms with van der Waals surface area (Å²) in [6, 6.07) is -0.296. The molecule has 5 nitrogen and oxygen atoms in total. The third-order valence-electron chi connectivity index (χ3n) is 2.97. The first-order valence-corrected chi connectivity index (χ1v) is 6.32. The highest BCUT2D eigenvalue weighted by Gasteiger charge is 2.24. The molecule has 0 aromatic heterocycles. The maximum Gasteiger partial charge on any atom is 0.315 e. The molecule has 0 saturated carbocycles. The SMILES string of the molecule is CC(C)(CC(=O)O)NC(=O)NCC1CC=CCC1. The average Bonchev–Trinajstić information content (AvgIpc) is 2.25. The lowest BCUT2D eigenvalue weighted by Crippen LogP contribution is -2.50. The maximum absolute atomic E-state index is 11.6. The molecule has 1 aliphatic carbocycles. The molecule has 102 valence electrons. The van der Waals surface area contributed by atoms with Gasteiger partial charge < -0.3 is 15.7 Å². The van der Waals surface area contributed by atoms with Crippen LogP contribution in [0.15, 0.2) is 12.2 Å². The Morgan fingerprint density at radius 3 is 2.67 bits per heavy atom. The minimum absolute atomic E-state index is 0.0907. The minimum atomic E-state index is -0.919. The molecule has 1 rings (SSSR count). The zero-order chi connectivity index (χ0) is 13.6. The fraction of sp³-hybridized carbons (Fsp3) is 0.692. The summed E-state index contributed by atoms with van der Waals surface area (Å²) in [4.78, 5) is 22.3. The standard InChI is InChI=1S/C13H22N2O3/c1-13(2,8-11(16)17)15-12(18)14-9-10-6-4-3-5-7-10/h3-4,10H,5-9H2,1-2H3,(H,16,17)(H2,14,15,18). The van der Waals surface area contributed by atoms with E-state index in [0.29, 0.717) is 12.5 Å². The van der Waals surface area contributed by atoms with E-state index < -0.39 is 11.5 Å². The fourth-order valence-corrected chi connectivity index (χ4v) is 2.05. The lowest BCUT2D eigenvalue weighted by atomic mass is 9.94. The van der Waals surface area contributed by atoms with Crippen molar-refractivity contribution in [3.8, 4) is 0 Å². The Morgan fingerprint density at radius 1 is 1.39 bits per heavy atom. The topological polar surface area (TPSA) is 78.4 Å². The molecule has 0 aromatic rings. The number of carbonyl (C=O) groups is 2. The van der Waals surface area contributed by atoms with Crippen LogP contribution < -0.4 is 10.6 Å². The van der Waals surface area contributed by atoms with Crippen LogP contribution in [0.2, 0.25) is 0 Å². The fourth-order valence-electron chi connectivity index (χ4n) is 2.05. The minimum Gasteiger partial charge on any atom is -0.481 e. The van der Waals surface area contributed by atoms with Gasteiger partial charge in [0.2, 0.25) is 0 Å². The van der Waals surface area contributed by atoms with Crippen LogP contribution in [-0.4, -0.2) is 29.2 Å². The maximum atomic E-state index is 11.6. The number of nitrogens with one attached hydrogen (secondary N) is 2. The van der Waals surface area contributed by atoms with Gasteiger partial charge in [-0.25, -0.2) is 4.79 Å². The molecular formula is C13H22N2O3. The molecule has 1 unspecified atom stereocenters. The average molecular weight is 254 g/mol. The van der Waals surface area contributed by atoms with Gasteiger partial charge in [0, 0.05) is 12.1 Å². The number of amides is 2. The number of carboxylic acids is 1. The molecule has 5 heteroatoms. The van der Waals surface area contributed by atoms with Gasteiger partial charge in [0.25, 0.3) is 0 Å². The van der Waals surface area contributed by atoms with Crippen LogP contribution in [0, 0.1) is 5.92 Å². The molecular weight excluding hydrogens is 232 g/mol. The van der Waals surface area contributed by atoms with Gasteiger partial charge in [-0.2, -0.15) is 0 Å². The van der Waals surface area contributed by atoms with E-state index in [0.717, 1.165) is 19.3 Å². The molecule has 2 amide bonds. The van der Waals surface area contributed by atoms with Crippen molar-refractivity contribution in [3.63, 3.8) is 0 Å². The Balaban J connectivity index is 2.28. The lowest BCUT2D eigenvalue weighted by Gasteiger charge is -2.25. The van der Waals surface area contributed by atoms with Gasteiger partial charge in [-0.15, -0.1) is 0 Å². The van der Waals surface area contributed by atoms with Crippen molar-refractivity contribution < 1.29 is 14.7 Å². The van der Waals surface area contributed by atoms with Crippen LogP contribution in [0.3, 0.4) is 0 Å². The lowest BCUT2D eigenvalue weighted by molar-refractivity contribution is -0.138. The molecule has 0 aromatic carbocycles. The second kappa shape index (κ2) is 6.42. The third-order valence-corrected chi connectivity index (χ3v) is 2.97. The number of hydrogen-bond donors (Lipinski definition) is 3. The first kappa shape index (κ1) is 14.5. The highest BCUT2D eigenvalue weighted by molar-refractivity contribution is 5.76. The smallest absolute Gasteiger partial charge is 0.315 e. The predicted molar refractivity (Wildman–Crippen MR) is 69.3 cm³/mol. The van der Waals surface area contributed by atoms with Crippen LogP contribution >= 0.6 is 0 Å². The Kier molecular flexibility index (Phi) is 5.19. The van der Waals surface area contributed by atoms with E-state index in [2.05, 4.69) is 22.8 Å². The summed E-state index contributed by atoms with van der Waals surface area (Å²) in [6.45, 7) is 4.04. The van der Waals surface area contributed by atoms with E-state index in [4.69, 9.17) is 5.11 Å². The van der Waals surface area contributed by atoms with E-state index >= 15 is 0 Å². The Bertz CT molecular complexity index is 337. The monoisotopic (exact) mass is 254 g/mol. The van der Waals surface area contributed by atoms with Gasteiger partial charge in [-0.1, -0.05) is 12.2 Å². The number of rotatable bonds is 5. The molecule has 1 atom stereocenters. The highest BCUT2D eigenvalue weighted by atomic mass is 16.4. The third kappa shape index (κ3) is 5.70. The van der Waals surface area contributed by atoms with Crippen molar-refractivity contribution in [3.05, 3.63) is 12.2 Å². The molecule has 0 aliphatic heterocycles. The largest absolute Gasteiger partial charge is 0.481 e. The molecule has 0 saturated heterocycles. The number of carboxylic acid groups (broad SMARTS) is 1. The number of carbonyl (C=O) groups excluding carboxylic acids is 1. The zero-order valence-electron chi connectivity index (χ0n) is 11.0. The van der Waals surface area contributed by atoms with E-state index in [1.165, 1.54) is 0 Å². The van der Waals surface area contributed by atoms with E-state index in [9.17, 15) is 9.59 Å². The first-order valence-electron chi connectivity index (χ1n) is 6.32. The van der Waals surface area contributed by atoms with Crippen molar-refractivity contribution in [2.24, 2.45) is 5.92 Å². The van der Waals surface area contributed by atoms with Crippen molar-refractivity contribution in [1.82, 2.24) is 10.6 Å². The van der Waals surface area contributed by atoms with Crippen molar-refractivity contribution >= 4 is 12.0 Å². The summed E-state index contributed by atoms with van der Waals surface area (Å²) in [6.07, 6.45) is 7.37. The first-order chi connectivity index (χ1) is 8.39. The number of allylic oxidation sites excluding steroid dienone is 2. The van der Waals surface area contributed by atoms with Crippen molar-refractivity contribution in [2.75, 3.05) is 6.54 Å². The second-order valence-corrected chi connectivity index (χ2v) is 5.44. The van der Waals surface area contributed by atoms with E-state index in [1.807, 2.05) is 0 Å². The molecule has 0 heterocycles. The van der Waals surface area contributed by atoms with Crippen molar-refractivity contribution in [1.29, 1.82) is 0 Å². The summed E-state index contributed by atoms with van der Waals surface area (Å²) < 4.78 is 0. The van der Waals surface area contributed by atoms with Gasteiger partial charge in [-0.3, -0.25) is 4.79 Å². The van der Waals surface area contributed by atoms with Crippen LogP contribution in [0.1, 0.15) is 39.5 Å². The van der Waals surface area contributed by atoms with E-state index in [-0.39, 0.29) is 12.5 Å². The predicted octanol–water partition coefficient (Wildman–Crippen LogP) is 1.90. The van der Waals surface area contributed by atoms with Crippen LogP contribution in [-0.2, 0) is 4.79 Å². The summed E-state index contributed by atoms with van der Waals surface area (Å²) in [5, 5.41) is 14.2. The Labute approximate surface area is 108 Å². The highest BCUT2D eigenvalue weighted by Crippen LogP contribution is 2.16. The summed E-state index contributed by atoms with van der Waals surface area (Å²) in [5.41, 5.74) is -0.734. The quantitative estimate of drug-likeness (QED) is 0.656. The van der Waals surface area contributed by atoms with Gasteiger partial charge >= 0.3 is 12.0 Å². The van der Waals surface area contributed by atoms with Gasteiger partial charge in [0.15, 0.2) is 0 Å². The molecule has 0 bridgehead atoms. The summed E-state index contributed by atoms with van der Waals surface area (Å²) in [7, 11) is 0. The summed E-state index contributed by atoms with van der Waals surface area (Å²) >= 11 is 0. The Morgan fingerprint density at radius 2 is 2.11 bits per heavy atom. The van der Waals surface area contributed by atoms with E-state index in [1.54, 1.807) is 13.8 Å². The Hall–Kier alpha value is -1.52. The van der Waals surface area contributed by atoms with Crippen LogP contribution in [0.4, 0.5) is 4.79 Å².